The summed E-state index contributed by atoms with van der Waals surface area (Å²) in [6, 6.07) is 9.22. The molecular formula is C13H12N2O2. The van der Waals surface area contributed by atoms with Gasteiger partial charge in [0.05, 0.1) is 5.69 Å². The van der Waals surface area contributed by atoms with Gasteiger partial charge in [0.2, 0.25) is 12.0 Å². The second-order valence-corrected chi connectivity index (χ2v) is 3.75. The minimum Gasteiger partial charge on any atom is -0.327 e. The fraction of sp³-hybridized carbons (Fsp3) is 0.0769. The van der Waals surface area contributed by atoms with E-state index in [4.69, 9.17) is 0 Å². The molecule has 0 aliphatic carbocycles. The van der Waals surface area contributed by atoms with E-state index in [1.807, 2.05) is 31.2 Å². The van der Waals surface area contributed by atoms with E-state index < -0.39 is 0 Å². The normalized spacial score (nSPS) is 9.94. The molecule has 0 unspecified atom stereocenters. The van der Waals surface area contributed by atoms with E-state index in [0.29, 0.717) is 17.7 Å². The fourth-order valence-corrected chi connectivity index (χ4v) is 1.63. The van der Waals surface area contributed by atoms with Crippen LogP contribution in [0, 0.1) is 6.92 Å². The number of rotatable bonds is 3. The summed E-state index contributed by atoms with van der Waals surface area (Å²) in [6.45, 7) is 1.99. The Balaban J connectivity index is 2.56. The molecule has 1 amide bonds. The third-order valence-electron chi connectivity index (χ3n) is 2.50. The maximum Gasteiger partial charge on any atom is 0.248 e. The molecule has 86 valence electrons. The van der Waals surface area contributed by atoms with Crippen molar-refractivity contribution in [3.63, 3.8) is 0 Å². The molecule has 2 rings (SSSR count). The van der Waals surface area contributed by atoms with E-state index in [2.05, 4.69) is 10.3 Å². The average molecular weight is 228 g/mol. The van der Waals surface area contributed by atoms with Gasteiger partial charge < -0.3 is 10.3 Å². The Morgan fingerprint density at radius 1 is 1.24 bits per heavy atom. The standard InChI is InChI=1S/C13H12N2O2/c1-9-2-4-10(5-3-9)11-6-13(17)14-7-12(11)15-8-16/h2-8H,1H3,(H,14,17)(H,15,16). The Morgan fingerprint density at radius 3 is 2.59 bits per heavy atom. The first-order valence-electron chi connectivity index (χ1n) is 5.20. The molecule has 0 saturated heterocycles. The summed E-state index contributed by atoms with van der Waals surface area (Å²) in [4.78, 5) is 24.3. The summed E-state index contributed by atoms with van der Waals surface area (Å²) in [5, 5.41) is 2.57. The zero-order valence-corrected chi connectivity index (χ0v) is 9.36. The number of pyridine rings is 1. The molecule has 0 aliphatic rings. The van der Waals surface area contributed by atoms with Gasteiger partial charge in [-0.2, -0.15) is 0 Å². The Labute approximate surface area is 98.3 Å². The lowest BCUT2D eigenvalue weighted by atomic mass is 10.0. The van der Waals surface area contributed by atoms with Crippen LogP contribution in [0.1, 0.15) is 5.56 Å². The summed E-state index contributed by atoms with van der Waals surface area (Å²) in [7, 11) is 0. The molecule has 2 aromatic rings. The van der Waals surface area contributed by atoms with Gasteiger partial charge in [0, 0.05) is 17.8 Å². The number of carbonyl (C=O) groups is 1. The van der Waals surface area contributed by atoms with Gasteiger partial charge in [-0.05, 0) is 12.5 Å². The second-order valence-electron chi connectivity index (χ2n) is 3.75. The predicted octanol–water partition coefficient (Wildman–Crippen LogP) is 1.92. The predicted molar refractivity (Wildman–Crippen MR) is 66.9 cm³/mol. The molecule has 0 aliphatic heterocycles. The highest BCUT2D eigenvalue weighted by molar-refractivity contribution is 5.84. The first kappa shape index (κ1) is 11.1. The topological polar surface area (TPSA) is 62.0 Å². The van der Waals surface area contributed by atoms with Crippen LogP contribution in [0.25, 0.3) is 11.1 Å². The summed E-state index contributed by atoms with van der Waals surface area (Å²) < 4.78 is 0. The van der Waals surface area contributed by atoms with Crippen molar-refractivity contribution in [1.82, 2.24) is 4.98 Å². The van der Waals surface area contributed by atoms with Crippen molar-refractivity contribution in [1.29, 1.82) is 0 Å². The number of benzene rings is 1. The van der Waals surface area contributed by atoms with Gasteiger partial charge >= 0.3 is 0 Å². The van der Waals surface area contributed by atoms with Crippen LogP contribution in [-0.4, -0.2) is 11.4 Å². The summed E-state index contributed by atoms with van der Waals surface area (Å²) in [5.74, 6) is 0. The molecule has 0 radical (unpaired) electrons. The zero-order valence-electron chi connectivity index (χ0n) is 9.36. The van der Waals surface area contributed by atoms with Crippen LogP contribution in [0.5, 0.6) is 0 Å². The van der Waals surface area contributed by atoms with Crippen LogP contribution in [0.4, 0.5) is 5.69 Å². The smallest absolute Gasteiger partial charge is 0.248 e. The lowest BCUT2D eigenvalue weighted by Gasteiger charge is -2.07. The zero-order chi connectivity index (χ0) is 12.3. The van der Waals surface area contributed by atoms with Crippen LogP contribution in [-0.2, 0) is 4.79 Å². The number of H-pyrrole nitrogens is 1. The van der Waals surface area contributed by atoms with Crippen molar-refractivity contribution < 1.29 is 4.79 Å². The molecule has 4 heteroatoms. The number of hydrogen-bond donors (Lipinski definition) is 2. The SMILES string of the molecule is Cc1ccc(-c2cc(=O)[nH]cc2NC=O)cc1. The highest BCUT2D eigenvalue weighted by atomic mass is 16.1. The lowest BCUT2D eigenvalue weighted by Crippen LogP contribution is -2.07. The Hall–Kier alpha value is -2.36. The molecule has 1 aromatic heterocycles. The largest absolute Gasteiger partial charge is 0.327 e. The number of anilines is 1. The number of aryl methyl sites for hydroxylation is 1. The molecule has 1 heterocycles. The number of carbonyl (C=O) groups excluding carboxylic acids is 1. The van der Waals surface area contributed by atoms with Gasteiger partial charge in [-0.3, -0.25) is 9.59 Å². The number of aromatic nitrogens is 1. The molecule has 0 fully saturated rings. The lowest BCUT2D eigenvalue weighted by molar-refractivity contribution is -0.105. The van der Waals surface area contributed by atoms with Crippen molar-refractivity contribution in [2.75, 3.05) is 5.32 Å². The van der Waals surface area contributed by atoms with E-state index in [-0.39, 0.29) is 5.56 Å². The van der Waals surface area contributed by atoms with Crippen molar-refractivity contribution in [3.8, 4) is 11.1 Å². The van der Waals surface area contributed by atoms with Gasteiger partial charge in [0.15, 0.2) is 0 Å². The molecule has 2 N–H and O–H groups in total. The fourth-order valence-electron chi connectivity index (χ4n) is 1.63. The molecular weight excluding hydrogens is 216 g/mol. The molecule has 0 saturated carbocycles. The van der Waals surface area contributed by atoms with Gasteiger partial charge in [-0.1, -0.05) is 29.8 Å². The van der Waals surface area contributed by atoms with Crippen LogP contribution in [0.3, 0.4) is 0 Å². The molecule has 4 nitrogen and oxygen atoms in total. The average Bonchev–Trinajstić information content (AvgIpc) is 2.33. The number of aromatic amines is 1. The number of hydrogen-bond acceptors (Lipinski definition) is 2. The summed E-state index contributed by atoms with van der Waals surface area (Å²) in [6.07, 6.45) is 2.08. The van der Waals surface area contributed by atoms with Crippen molar-refractivity contribution >= 4 is 12.1 Å². The van der Waals surface area contributed by atoms with Gasteiger partial charge in [0.25, 0.3) is 0 Å². The highest BCUT2D eigenvalue weighted by Gasteiger charge is 2.05. The van der Waals surface area contributed by atoms with Crippen molar-refractivity contribution in [2.45, 2.75) is 6.92 Å². The Morgan fingerprint density at radius 2 is 1.94 bits per heavy atom. The van der Waals surface area contributed by atoms with Crippen molar-refractivity contribution in [2.24, 2.45) is 0 Å². The third kappa shape index (κ3) is 2.42. The maximum atomic E-state index is 11.3. The third-order valence-corrected chi connectivity index (χ3v) is 2.50. The molecule has 0 spiro atoms. The summed E-state index contributed by atoms with van der Waals surface area (Å²) in [5.41, 5.74) is 3.14. The van der Waals surface area contributed by atoms with Crippen LogP contribution < -0.4 is 10.9 Å². The van der Waals surface area contributed by atoms with E-state index in [9.17, 15) is 9.59 Å². The minimum absolute atomic E-state index is 0.197. The van der Waals surface area contributed by atoms with E-state index >= 15 is 0 Å². The van der Waals surface area contributed by atoms with E-state index in [0.717, 1.165) is 11.1 Å². The first-order chi connectivity index (χ1) is 8.20. The highest BCUT2D eigenvalue weighted by Crippen LogP contribution is 2.25. The quantitative estimate of drug-likeness (QED) is 0.788. The van der Waals surface area contributed by atoms with Gasteiger partial charge in [0.1, 0.15) is 0 Å². The maximum absolute atomic E-state index is 11.3. The first-order valence-corrected chi connectivity index (χ1v) is 5.20. The second kappa shape index (κ2) is 4.65. The molecule has 0 bridgehead atoms. The molecule has 0 atom stereocenters. The minimum atomic E-state index is -0.197. The molecule has 1 aromatic carbocycles. The Kier molecular flexibility index (Phi) is 3.05. The van der Waals surface area contributed by atoms with E-state index in [1.165, 1.54) is 12.3 Å². The Bertz CT molecular complexity index is 585. The van der Waals surface area contributed by atoms with E-state index in [1.54, 1.807) is 0 Å². The molecule has 17 heavy (non-hydrogen) atoms. The van der Waals surface area contributed by atoms with Crippen LogP contribution >= 0.6 is 0 Å². The van der Waals surface area contributed by atoms with Crippen LogP contribution in [0.15, 0.2) is 41.3 Å². The van der Waals surface area contributed by atoms with Crippen molar-refractivity contribution in [3.05, 3.63) is 52.4 Å². The number of nitrogens with one attached hydrogen (secondary N) is 2. The summed E-state index contributed by atoms with van der Waals surface area (Å²) >= 11 is 0. The van der Waals surface area contributed by atoms with Gasteiger partial charge in [-0.15, -0.1) is 0 Å². The van der Waals surface area contributed by atoms with Crippen LogP contribution in [0.2, 0.25) is 0 Å². The van der Waals surface area contributed by atoms with Gasteiger partial charge in [-0.25, -0.2) is 0 Å². The monoisotopic (exact) mass is 228 g/mol. The number of amides is 1.